The van der Waals surface area contributed by atoms with Crippen molar-refractivity contribution in [3.8, 4) is 5.75 Å². The highest BCUT2D eigenvalue weighted by Crippen LogP contribution is 2.24. The van der Waals surface area contributed by atoms with Crippen molar-refractivity contribution in [3.63, 3.8) is 0 Å². The summed E-state index contributed by atoms with van der Waals surface area (Å²) in [5.74, 6) is 0.936. The van der Waals surface area contributed by atoms with Crippen LogP contribution in [0.25, 0.3) is 0 Å². The minimum atomic E-state index is -3.48. The van der Waals surface area contributed by atoms with Crippen molar-refractivity contribution in [2.45, 2.75) is 39.2 Å². The summed E-state index contributed by atoms with van der Waals surface area (Å²) in [6, 6.07) is 16.8. The molecule has 164 valence electrons. The number of hydrogen-bond acceptors (Lipinski definition) is 4. The molecule has 1 amide bonds. The molecular formula is C23H32N2O4S. The number of rotatable bonds is 11. The van der Waals surface area contributed by atoms with Crippen LogP contribution in [0.4, 0.5) is 5.69 Å². The first-order valence-electron chi connectivity index (χ1n) is 10.2. The highest BCUT2D eigenvalue weighted by atomic mass is 32.2. The third-order valence-electron chi connectivity index (χ3n) is 4.75. The van der Waals surface area contributed by atoms with E-state index in [4.69, 9.17) is 4.74 Å². The Morgan fingerprint density at radius 1 is 1.10 bits per heavy atom. The number of nitrogens with zero attached hydrogens (tertiary/aromatic N) is 1. The summed E-state index contributed by atoms with van der Waals surface area (Å²) >= 11 is 0. The molecule has 2 rings (SSSR count). The van der Waals surface area contributed by atoms with Crippen molar-refractivity contribution < 1.29 is 17.9 Å². The Hall–Kier alpha value is -2.54. The van der Waals surface area contributed by atoms with Gasteiger partial charge in [-0.2, -0.15) is 0 Å². The van der Waals surface area contributed by atoms with Gasteiger partial charge in [-0.05, 0) is 36.5 Å². The van der Waals surface area contributed by atoms with Gasteiger partial charge in [0.1, 0.15) is 5.75 Å². The second-order valence-electron chi connectivity index (χ2n) is 7.80. The zero-order valence-electron chi connectivity index (χ0n) is 18.2. The predicted octanol–water partition coefficient (Wildman–Crippen LogP) is 4.15. The molecule has 0 fully saturated rings. The second-order valence-corrected chi connectivity index (χ2v) is 9.71. The fourth-order valence-corrected chi connectivity index (χ4v) is 4.29. The molecule has 1 unspecified atom stereocenters. The fourth-order valence-electron chi connectivity index (χ4n) is 3.34. The largest absolute Gasteiger partial charge is 0.497 e. The van der Waals surface area contributed by atoms with Crippen molar-refractivity contribution in [2.24, 2.45) is 5.92 Å². The molecule has 0 aliphatic heterocycles. The first-order valence-corrected chi connectivity index (χ1v) is 12.0. The van der Waals surface area contributed by atoms with Crippen LogP contribution in [0, 0.1) is 5.92 Å². The van der Waals surface area contributed by atoms with E-state index in [2.05, 4.69) is 19.2 Å². The molecule has 2 aromatic carbocycles. The Balaban J connectivity index is 2.00. The fraction of sp³-hybridized carbons (Fsp3) is 0.435. The molecule has 0 aliphatic carbocycles. The van der Waals surface area contributed by atoms with Crippen LogP contribution in [0.2, 0.25) is 0 Å². The van der Waals surface area contributed by atoms with Crippen molar-refractivity contribution in [1.29, 1.82) is 0 Å². The van der Waals surface area contributed by atoms with Crippen molar-refractivity contribution in [1.82, 2.24) is 5.32 Å². The van der Waals surface area contributed by atoms with Gasteiger partial charge in [0, 0.05) is 19.0 Å². The Morgan fingerprint density at radius 2 is 1.80 bits per heavy atom. The van der Waals surface area contributed by atoms with Gasteiger partial charge in [0.2, 0.25) is 15.9 Å². The minimum Gasteiger partial charge on any atom is -0.497 e. The van der Waals surface area contributed by atoms with Crippen molar-refractivity contribution in [2.75, 3.05) is 24.2 Å². The van der Waals surface area contributed by atoms with Crippen LogP contribution in [0.5, 0.6) is 5.75 Å². The van der Waals surface area contributed by atoms with Crippen LogP contribution in [0.3, 0.4) is 0 Å². The summed E-state index contributed by atoms with van der Waals surface area (Å²) in [5, 5.41) is 3.11. The number of hydrogen-bond donors (Lipinski definition) is 1. The molecule has 6 nitrogen and oxygen atoms in total. The van der Waals surface area contributed by atoms with Gasteiger partial charge < -0.3 is 10.1 Å². The van der Waals surface area contributed by atoms with Gasteiger partial charge in [-0.1, -0.05) is 50.2 Å². The first-order chi connectivity index (χ1) is 14.2. The number of amides is 1. The van der Waals surface area contributed by atoms with E-state index in [9.17, 15) is 13.2 Å². The smallest absolute Gasteiger partial charge is 0.232 e. The van der Waals surface area contributed by atoms with E-state index >= 15 is 0 Å². The maximum atomic E-state index is 12.6. The average molecular weight is 433 g/mol. The van der Waals surface area contributed by atoms with Gasteiger partial charge in [-0.3, -0.25) is 9.10 Å². The van der Waals surface area contributed by atoms with Gasteiger partial charge in [0.15, 0.2) is 0 Å². The molecule has 7 heteroatoms. The lowest BCUT2D eigenvalue weighted by atomic mass is 9.97. The summed E-state index contributed by atoms with van der Waals surface area (Å²) in [5.41, 5.74) is 1.60. The first kappa shape index (κ1) is 23.7. The van der Waals surface area contributed by atoms with Crippen LogP contribution in [0.1, 0.15) is 44.7 Å². The molecule has 0 bridgehead atoms. The molecule has 0 saturated heterocycles. The Kier molecular flexibility index (Phi) is 8.72. The van der Waals surface area contributed by atoms with Gasteiger partial charge in [-0.25, -0.2) is 8.42 Å². The van der Waals surface area contributed by atoms with Gasteiger partial charge in [0.05, 0.1) is 25.1 Å². The van der Waals surface area contributed by atoms with E-state index in [1.165, 1.54) is 17.7 Å². The highest BCUT2D eigenvalue weighted by Gasteiger charge is 2.20. The molecule has 2 aromatic rings. The molecule has 1 N–H and O–H groups in total. The molecule has 0 aromatic heterocycles. The molecular weight excluding hydrogens is 400 g/mol. The summed E-state index contributed by atoms with van der Waals surface area (Å²) in [4.78, 5) is 12.6. The van der Waals surface area contributed by atoms with E-state index in [0.717, 1.165) is 12.0 Å². The van der Waals surface area contributed by atoms with E-state index in [-0.39, 0.29) is 24.9 Å². The maximum Gasteiger partial charge on any atom is 0.232 e. The van der Waals surface area contributed by atoms with Crippen molar-refractivity contribution in [3.05, 3.63) is 60.2 Å². The average Bonchev–Trinajstić information content (AvgIpc) is 2.70. The lowest BCUT2D eigenvalue weighted by molar-refractivity contribution is -0.122. The molecule has 30 heavy (non-hydrogen) atoms. The van der Waals surface area contributed by atoms with Crippen LogP contribution >= 0.6 is 0 Å². The lowest BCUT2D eigenvalue weighted by Crippen LogP contribution is -2.33. The van der Waals surface area contributed by atoms with Crippen molar-refractivity contribution >= 4 is 21.6 Å². The number of benzene rings is 2. The normalized spacial score (nSPS) is 12.4. The van der Waals surface area contributed by atoms with Crippen LogP contribution < -0.4 is 14.4 Å². The number of carbonyl (C=O) groups is 1. The molecule has 0 aliphatic rings. The number of sulfonamides is 1. The van der Waals surface area contributed by atoms with Gasteiger partial charge in [-0.15, -0.1) is 0 Å². The van der Waals surface area contributed by atoms with E-state index in [1.54, 1.807) is 24.3 Å². The van der Waals surface area contributed by atoms with Gasteiger partial charge in [0.25, 0.3) is 0 Å². The summed E-state index contributed by atoms with van der Waals surface area (Å²) < 4.78 is 31.1. The standard InChI is InChI=1S/C23H32N2O4S/c1-18(2)16-22(19-10-6-5-7-11-19)24-23(26)14-9-15-25(30(4,27)28)20-12-8-13-21(17-20)29-3/h5-8,10-13,17-18,22H,9,14-16H2,1-4H3,(H,24,26). The number of carbonyl (C=O) groups excluding carboxylic acids is 1. The third kappa shape index (κ3) is 7.37. The number of methoxy groups -OCH3 is 1. The monoisotopic (exact) mass is 432 g/mol. The lowest BCUT2D eigenvalue weighted by Gasteiger charge is -2.24. The maximum absolute atomic E-state index is 12.6. The van der Waals surface area contributed by atoms with Gasteiger partial charge >= 0.3 is 0 Å². The SMILES string of the molecule is COc1cccc(N(CCCC(=O)NC(CC(C)C)c2ccccc2)S(C)(=O)=O)c1. The summed E-state index contributed by atoms with van der Waals surface area (Å²) in [6.45, 7) is 4.47. The Morgan fingerprint density at radius 3 is 2.40 bits per heavy atom. The summed E-state index contributed by atoms with van der Waals surface area (Å²) in [7, 11) is -1.94. The third-order valence-corrected chi connectivity index (χ3v) is 5.95. The zero-order chi connectivity index (χ0) is 22.1. The summed E-state index contributed by atoms with van der Waals surface area (Å²) in [6.07, 6.45) is 2.67. The topological polar surface area (TPSA) is 75.7 Å². The van der Waals surface area contributed by atoms with Crippen LogP contribution in [-0.4, -0.2) is 34.2 Å². The highest BCUT2D eigenvalue weighted by molar-refractivity contribution is 7.92. The molecule has 0 spiro atoms. The van der Waals surface area contributed by atoms with E-state index in [1.807, 2.05) is 30.3 Å². The van der Waals surface area contributed by atoms with E-state index in [0.29, 0.717) is 23.8 Å². The minimum absolute atomic E-state index is 0.0527. The van der Waals surface area contributed by atoms with E-state index < -0.39 is 10.0 Å². The second kappa shape index (κ2) is 11.0. The Labute approximate surface area is 180 Å². The number of ether oxygens (including phenoxy) is 1. The van der Waals surface area contributed by atoms with Crippen LogP contribution in [-0.2, 0) is 14.8 Å². The predicted molar refractivity (Wildman–Crippen MR) is 121 cm³/mol. The Bertz CT molecular complexity index is 914. The zero-order valence-corrected chi connectivity index (χ0v) is 19.0. The number of anilines is 1. The van der Waals surface area contributed by atoms with Crippen LogP contribution in [0.15, 0.2) is 54.6 Å². The molecule has 1 atom stereocenters. The molecule has 0 radical (unpaired) electrons. The quantitative estimate of drug-likeness (QED) is 0.579. The molecule has 0 saturated carbocycles. The molecule has 0 heterocycles. The number of nitrogens with one attached hydrogen (secondary N) is 1.